The zero-order valence-electron chi connectivity index (χ0n) is 14.7. The number of thioether (sulfide) groups is 1. The number of hydrogen-bond acceptors (Lipinski definition) is 7. The lowest BCUT2D eigenvalue weighted by molar-refractivity contribution is -0.113. The fraction of sp³-hybridized carbons (Fsp3) is 0.688. The SMILES string of the molecule is CCn1c(CC2CCCCC2)nnc1SCC(=O)Nc1nnc(C)s1. The Labute approximate surface area is 156 Å². The quantitative estimate of drug-likeness (QED) is 0.742. The lowest BCUT2D eigenvalue weighted by Gasteiger charge is -2.21. The number of nitrogens with zero attached hydrogens (tertiary/aromatic N) is 5. The van der Waals surface area contributed by atoms with Crippen molar-refractivity contribution < 1.29 is 4.79 Å². The van der Waals surface area contributed by atoms with Gasteiger partial charge in [0.1, 0.15) is 10.8 Å². The predicted octanol–water partition coefficient (Wildman–Crippen LogP) is 3.31. The number of rotatable bonds is 7. The summed E-state index contributed by atoms with van der Waals surface area (Å²) >= 11 is 2.79. The molecule has 1 saturated carbocycles. The third-order valence-electron chi connectivity index (χ3n) is 4.41. The second-order valence-corrected chi connectivity index (χ2v) is 8.44. The van der Waals surface area contributed by atoms with Crippen LogP contribution >= 0.6 is 23.1 Å². The topological polar surface area (TPSA) is 85.6 Å². The maximum atomic E-state index is 12.1. The van der Waals surface area contributed by atoms with Gasteiger partial charge in [-0.05, 0) is 19.8 Å². The summed E-state index contributed by atoms with van der Waals surface area (Å²) in [7, 11) is 0. The molecule has 1 N–H and O–H groups in total. The Balaban J connectivity index is 1.55. The maximum Gasteiger partial charge on any atom is 0.236 e. The molecule has 1 aliphatic rings. The van der Waals surface area contributed by atoms with Crippen LogP contribution in [0.25, 0.3) is 0 Å². The van der Waals surface area contributed by atoms with Gasteiger partial charge in [-0.2, -0.15) is 0 Å². The standard InChI is InChI=1S/C16H24N6OS2/c1-3-22-13(9-12-7-5-4-6-8-12)19-21-16(22)24-10-14(23)17-15-20-18-11(2)25-15/h12H,3-10H2,1-2H3,(H,17,20,23). The van der Waals surface area contributed by atoms with E-state index in [1.54, 1.807) is 0 Å². The molecule has 0 unspecified atom stereocenters. The van der Waals surface area contributed by atoms with E-state index in [4.69, 9.17) is 0 Å². The van der Waals surface area contributed by atoms with Crippen LogP contribution in [0, 0.1) is 12.8 Å². The van der Waals surface area contributed by atoms with Gasteiger partial charge in [0.2, 0.25) is 11.0 Å². The number of anilines is 1. The van der Waals surface area contributed by atoms with Gasteiger partial charge in [0.05, 0.1) is 5.75 Å². The maximum absolute atomic E-state index is 12.1. The lowest BCUT2D eigenvalue weighted by Crippen LogP contribution is -2.15. The molecule has 0 spiro atoms. The summed E-state index contributed by atoms with van der Waals surface area (Å²) in [6.45, 7) is 4.79. The molecule has 0 aliphatic heterocycles. The van der Waals surface area contributed by atoms with Crippen molar-refractivity contribution in [2.75, 3.05) is 11.1 Å². The van der Waals surface area contributed by atoms with Crippen LogP contribution in [0.4, 0.5) is 5.13 Å². The number of aromatic nitrogens is 5. The molecule has 0 atom stereocenters. The van der Waals surface area contributed by atoms with Crippen molar-refractivity contribution in [3.05, 3.63) is 10.8 Å². The minimum absolute atomic E-state index is 0.0966. The third kappa shape index (κ3) is 5.01. The highest BCUT2D eigenvalue weighted by atomic mass is 32.2. The third-order valence-corrected chi connectivity index (χ3v) is 6.13. The van der Waals surface area contributed by atoms with Crippen LogP contribution in [0.3, 0.4) is 0 Å². The van der Waals surface area contributed by atoms with Crippen molar-refractivity contribution in [2.24, 2.45) is 5.92 Å². The number of nitrogens with one attached hydrogen (secondary N) is 1. The van der Waals surface area contributed by atoms with Crippen LogP contribution in [0.2, 0.25) is 0 Å². The van der Waals surface area contributed by atoms with Gasteiger partial charge < -0.3 is 4.57 Å². The van der Waals surface area contributed by atoms with Crippen molar-refractivity contribution in [1.29, 1.82) is 0 Å². The molecule has 0 aromatic carbocycles. The first kappa shape index (κ1) is 18.3. The zero-order chi connectivity index (χ0) is 17.6. The molecular formula is C16H24N6OS2. The van der Waals surface area contributed by atoms with Gasteiger partial charge >= 0.3 is 0 Å². The normalized spacial score (nSPS) is 15.4. The molecule has 2 aromatic rings. The van der Waals surface area contributed by atoms with E-state index in [1.807, 2.05) is 6.92 Å². The minimum Gasteiger partial charge on any atom is -0.306 e. The van der Waals surface area contributed by atoms with E-state index in [0.717, 1.165) is 34.9 Å². The Bertz CT molecular complexity index is 707. The molecule has 25 heavy (non-hydrogen) atoms. The van der Waals surface area contributed by atoms with Crippen molar-refractivity contribution in [3.63, 3.8) is 0 Å². The molecule has 0 radical (unpaired) electrons. The summed E-state index contributed by atoms with van der Waals surface area (Å²) in [6, 6.07) is 0. The molecule has 3 rings (SSSR count). The summed E-state index contributed by atoms with van der Waals surface area (Å²) in [5.41, 5.74) is 0. The molecule has 1 fully saturated rings. The number of carbonyl (C=O) groups is 1. The second-order valence-electron chi connectivity index (χ2n) is 6.31. The summed E-state index contributed by atoms with van der Waals surface area (Å²) in [5.74, 6) is 1.97. The van der Waals surface area contributed by atoms with E-state index in [9.17, 15) is 4.79 Å². The number of carbonyl (C=O) groups excluding carboxylic acids is 1. The van der Waals surface area contributed by atoms with E-state index in [0.29, 0.717) is 10.9 Å². The van der Waals surface area contributed by atoms with Gasteiger partial charge in [0, 0.05) is 13.0 Å². The summed E-state index contributed by atoms with van der Waals surface area (Å²) in [4.78, 5) is 12.1. The molecule has 9 heteroatoms. The number of hydrogen-bond donors (Lipinski definition) is 1. The van der Waals surface area contributed by atoms with E-state index in [1.165, 1.54) is 55.2 Å². The van der Waals surface area contributed by atoms with Crippen LogP contribution in [0.15, 0.2) is 5.16 Å². The molecule has 136 valence electrons. The first-order valence-corrected chi connectivity index (χ1v) is 10.6. The van der Waals surface area contributed by atoms with E-state index < -0.39 is 0 Å². The van der Waals surface area contributed by atoms with Crippen molar-refractivity contribution in [2.45, 2.75) is 64.1 Å². The Morgan fingerprint density at radius 2 is 2.04 bits per heavy atom. The van der Waals surface area contributed by atoms with E-state index in [-0.39, 0.29) is 5.91 Å². The van der Waals surface area contributed by atoms with Crippen molar-refractivity contribution in [3.8, 4) is 0 Å². The van der Waals surface area contributed by atoms with Gasteiger partial charge in [0.25, 0.3) is 0 Å². The highest BCUT2D eigenvalue weighted by Crippen LogP contribution is 2.27. The van der Waals surface area contributed by atoms with Gasteiger partial charge in [0.15, 0.2) is 5.16 Å². The van der Waals surface area contributed by atoms with Crippen LogP contribution in [-0.4, -0.2) is 36.6 Å². The molecule has 2 heterocycles. The lowest BCUT2D eigenvalue weighted by atomic mass is 9.87. The molecule has 1 aliphatic carbocycles. The molecule has 0 bridgehead atoms. The van der Waals surface area contributed by atoms with Crippen molar-refractivity contribution in [1.82, 2.24) is 25.0 Å². The van der Waals surface area contributed by atoms with Crippen LogP contribution in [-0.2, 0) is 17.8 Å². The molecule has 7 nitrogen and oxygen atoms in total. The highest BCUT2D eigenvalue weighted by Gasteiger charge is 2.19. The predicted molar refractivity (Wildman–Crippen MR) is 100.0 cm³/mol. The fourth-order valence-electron chi connectivity index (χ4n) is 3.18. The monoisotopic (exact) mass is 380 g/mol. The van der Waals surface area contributed by atoms with Gasteiger partial charge in [-0.25, -0.2) is 0 Å². The Kier molecular flexibility index (Phi) is 6.41. The molecule has 0 saturated heterocycles. The average molecular weight is 381 g/mol. The Hall–Kier alpha value is -1.48. The smallest absolute Gasteiger partial charge is 0.236 e. The van der Waals surface area contributed by atoms with Crippen LogP contribution in [0.1, 0.15) is 49.9 Å². The van der Waals surface area contributed by atoms with Gasteiger partial charge in [-0.3, -0.25) is 10.1 Å². The fourth-order valence-corrected chi connectivity index (χ4v) is 4.61. The Morgan fingerprint density at radius 1 is 1.24 bits per heavy atom. The zero-order valence-corrected chi connectivity index (χ0v) is 16.3. The second kappa shape index (κ2) is 8.75. The van der Waals surface area contributed by atoms with Crippen LogP contribution < -0.4 is 5.32 Å². The van der Waals surface area contributed by atoms with E-state index in [2.05, 4.69) is 37.2 Å². The van der Waals surface area contributed by atoms with Crippen molar-refractivity contribution >= 4 is 34.1 Å². The Morgan fingerprint density at radius 3 is 2.72 bits per heavy atom. The summed E-state index contributed by atoms with van der Waals surface area (Å²) in [5, 5.41) is 21.5. The highest BCUT2D eigenvalue weighted by molar-refractivity contribution is 7.99. The molecular weight excluding hydrogens is 356 g/mol. The first-order valence-electron chi connectivity index (χ1n) is 8.80. The average Bonchev–Trinajstić information content (AvgIpc) is 3.19. The summed E-state index contributed by atoms with van der Waals surface area (Å²) in [6.07, 6.45) is 7.61. The van der Waals surface area contributed by atoms with Gasteiger partial charge in [-0.15, -0.1) is 20.4 Å². The van der Waals surface area contributed by atoms with Gasteiger partial charge in [-0.1, -0.05) is 55.2 Å². The molecule has 2 aromatic heterocycles. The molecule has 1 amide bonds. The van der Waals surface area contributed by atoms with E-state index >= 15 is 0 Å². The minimum atomic E-state index is -0.0966. The largest absolute Gasteiger partial charge is 0.306 e. The number of amides is 1. The first-order chi connectivity index (χ1) is 12.2. The summed E-state index contributed by atoms with van der Waals surface area (Å²) < 4.78 is 2.14. The number of aryl methyl sites for hydroxylation is 1. The van der Waals surface area contributed by atoms with Crippen LogP contribution in [0.5, 0.6) is 0 Å².